The van der Waals surface area contributed by atoms with Gasteiger partial charge in [0.2, 0.25) is 0 Å². The Bertz CT molecular complexity index is 1100. The van der Waals surface area contributed by atoms with E-state index in [0.717, 1.165) is 11.1 Å². The second kappa shape index (κ2) is 10.1. The Hall–Kier alpha value is -3.36. The molecule has 162 valence electrons. The van der Waals surface area contributed by atoms with Gasteiger partial charge in [-0.1, -0.05) is 48.0 Å². The quantitative estimate of drug-likeness (QED) is 0.515. The maximum atomic E-state index is 12.8. The van der Waals surface area contributed by atoms with Crippen LogP contribution in [0.4, 0.5) is 5.69 Å². The van der Waals surface area contributed by atoms with Gasteiger partial charge in [-0.2, -0.15) is 0 Å². The number of hydrogen-bond acceptors (Lipinski definition) is 5. The molecule has 3 aromatic carbocycles. The normalized spacial score (nSPS) is 11.0. The van der Waals surface area contributed by atoms with Gasteiger partial charge >= 0.3 is 0 Å². The van der Waals surface area contributed by atoms with E-state index in [1.54, 1.807) is 48.5 Å². The predicted molar refractivity (Wildman–Crippen MR) is 118 cm³/mol. The number of carbonyl (C=O) groups excluding carboxylic acids is 1. The summed E-state index contributed by atoms with van der Waals surface area (Å²) in [5.74, 6) is 0.00201. The number of benzene rings is 3. The Morgan fingerprint density at radius 1 is 0.935 bits per heavy atom. The van der Waals surface area contributed by atoms with Gasteiger partial charge in [0.05, 0.1) is 17.2 Å². The highest BCUT2D eigenvalue weighted by Gasteiger charge is 2.21. The average molecular weight is 441 g/mol. The molecule has 7 nitrogen and oxygen atoms in total. The lowest BCUT2D eigenvalue weighted by Crippen LogP contribution is -2.29. The minimum Gasteiger partial charge on any atom is -0.484 e. The van der Waals surface area contributed by atoms with E-state index in [1.807, 2.05) is 37.3 Å². The van der Waals surface area contributed by atoms with E-state index in [0.29, 0.717) is 11.4 Å². The lowest BCUT2D eigenvalue weighted by molar-refractivity contribution is -0.136. The highest BCUT2D eigenvalue weighted by molar-refractivity contribution is 7.92. The smallest absolute Gasteiger partial charge is 0.281 e. The van der Waals surface area contributed by atoms with Crippen LogP contribution in [-0.4, -0.2) is 28.0 Å². The van der Waals surface area contributed by atoms with Crippen molar-refractivity contribution >= 4 is 21.6 Å². The number of amides is 1. The Balaban J connectivity index is 1.51. The molecule has 1 amide bonds. The Morgan fingerprint density at radius 3 is 2.23 bits per heavy atom. The third kappa shape index (κ3) is 6.07. The van der Waals surface area contributed by atoms with Gasteiger partial charge in [0.15, 0.2) is 6.61 Å². The zero-order chi connectivity index (χ0) is 22.3. The number of hydroxylamine groups is 1. The molecule has 0 bridgehead atoms. The first-order chi connectivity index (χ1) is 14.9. The van der Waals surface area contributed by atoms with E-state index in [1.165, 1.54) is 11.4 Å². The van der Waals surface area contributed by atoms with Crippen LogP contribution in [0.2, 0.25) is 0 Å². The second-order valence-corrected chi connectivity index (χ2v) is 8.84. The lowest BCUT2D eigenvalue weighted by atomic mass is 10.2. The van der Waals surface area contributed by atoms with Gasteiger partial charge < -0.3 is 4.74 Å². The third-order valence-electron chi connectivity index (χ3n) is 4.52. The van der Waals surface area contributed by atoms with Crippen LogP contribution < -0.4 is 14.5 Å². The van der Waals surface area contributed by atoms with Crippen molar-refractivity contribution in [3.63, 3.8) is 0 Å². The first-order valence-electron chi connectivity index (χ1n) is 9.59. The second-order valence-electron chi connectivity index (χ2n) is 6.87. The Labute approximate surface area is 182 Å². The van der Waals surface area contributed by atoms with Crippen LogP contribution in [-0.2, 0) is 26.3 Å². The summed E-state index contributed by atoms with van der Waals surface area (Å²) in [6.07, 6.45) is 0. The fourth-order valence-electron chi connectivity index (χ4n) is 2.71. The van der Waals surface area contributed by atoms with E-state index < -0.39 is 15.9 Å². The predicted octanol–water partition coefficient (Wildman–Crippen LogP) is 3.45. The highest BCUT2D eigenvalue weighted by atomic mass is 32.2. The van der Waals surface area contributed by atoms with Gasteiger partial charge in [-0.15, -0.1) is 0 Å². The summed E-state index contributed by atoms with van der Waals surface area (Å²) in [6.45, 7) is 1.92. The standard InChI is InChI=1S/C23H24N2O5S/c1-18-8-14-22(15-9-18)31(27,28)25(2)20-10-12-21(13-11-20)29-17-23(26)24-30-16-19-6-4-3-5-7-19/h3-15H,16-17H2,1-2H3,(H,24,26). The summed E-state index contributed by atoms with van der Waals surface area (Å²) >= 11 is 0. The molecule has 3 rings (SSSR count). The molecule has 3 aromatic rings. The summed E-state index contributed by atoms with van der Waals surface area (Å²) in [5, 5.41) is 0. The minimum atomic E-state index is -3.67. The highest BCUT2D eigenvalue weighted by Crippen LogP contribution is 2.24. The van der Waals surface area contributed by atoms with E-state index in [9.17, 15) is 13.2 Å². The first kappa shape index (κ1) is 22.3. The van der Waals surface area contributed by atoms with Gasteiger partial charge in [0, 0.05) is 7.05 Å². The summed E-state index contributed by atoms with van der Waals surface area (Å²) in [7, 11) is -2.18. The van der Waals surface area contributed by atoms with E-state index in [-0.39, 0.29) is 18.1 Å². The number of rotatable bonds is 9. The summed E-state index contributed by atoms with van der Waals surface area (Å²) < 4.78 is 32.2. The molecule has 0 atom stereocenters. The minimum absolute atomic E-state index is 0.216. The maximum Gasteiger partial charge on any atom is 0.281 e. The lowest BCUT2D eigenvalue weighted by Gasteiger charge is -2.20. The molecule has 31 heavy (non-hydrogen) atoms. The van der Waals surface area contributed by atoms with Crippen LogP contribution in [0.1, 0.15) is 11.1 Å². The fraction of sp³-hybridized carbons (Fsp3) is 0.174. The number of sulfonamides is 1. The molecule has 0 saturated heterocycles. The van der Waals surface area contributed by atoms with Crippen molar-refractivity contribution in [3.8, 4) is 5.75 Å². The van der Waals surface area contributed by atoms with Gasteiger partial charge in [-0.3, -0.25) is 13.9 Å². The van der Waals surface area contributed by atoms with Crippen LogP contribution >= 0.6 is 0 Å². The van der Waals surface area contributed by atoms with Crippen LogP contribution in [0.5, 0.6) is 5.75 Å². The molecular weight excluding hydrogens is 416 g/mol. The van der Waals surface area contributed by atoms with E-state index in [4.69, 9.17) is 9.57 Å². The SMILES string of the molecule is Cc1ccc(S(=O)(=O)N(C)c2ccc(OCC(=O)NOCc3ccccc3)cc2)cc1. The van der Waals surface area contributed by atoms with Crippen molar-refractivity contribution < 1.29 is 22.8 Å². The summed E-state index contributed by atoms with van der Waals surface area (Å²) in [6, 6.07) is 22.6. The van der Waals surface area contributed by atoms with Crippen LogP contribution in [0.25, 0.3) is 0 Å². The van der Waals surface area contributed by atoms with Crippen molar-refractivity contribution in [1.29, 1.82) is 0 Å². The van der Waals surface area contributed by atoms with E-state index >= 15 is 0 Å². The Kier molecular flexibility index (Phi) is 7.28. The molecule has 0 heterocycles. The number of aryl methyl sites for hydroxylation is 1. The van der Waals surface area contributed by atoms with Crippen molar-refractivity contribution in [1.82, 2.24) is 5.48 Å². The molecule has 0 radical (unpaired) electrons. The number of nitrogens with zero attached hydrogens (tertiary/aromatic N) is 1. The van der Waals surface area contributed by atoms with Gasteiger partial charge in [-0.25, -0.2) is 13.9 Å². The topological polar surface area (TPSA) is 84.9 Å². The molecule has 0 saturated carbocycles. The zero-order valence-electron chi connectivity index (χ0n) is 17.3. The largest absolute Gasteiger partial charge is 0.484 e. The van der Waals surface area contributed by atoms with Crippen molar-refractivity contribution in [2.75, 3.05) is 18.0 Å². The molecule has 1 N–H and O–H groups in total. The van der Waals surface area contributed by atoms with Crippen molar-refractivity contribution in [2.45, 2.75) is 18.4 Å². The Morgan fingerprint density at radius 2 is 1.58 bits per heavy atom. The number of ether oxygens (including phenoxy) is 1. The van der Waals surface area contributed by atoms with Crippen molar-refractivity contribution in [2.24, 2.45) is 0 Å². The van der Waals surface area contributed by atoms with Crippen LogP contribution in [0, 0.1) is 6.92 Å². The molecule has 8 heteroatoms. The maximum absolute atomic E-state index is 12.8. The molecule has 0 aliphatic rings. The molecule has 0 spiro atoms. The molecule has 0 aromatic heterocycles. The van der Waals surface area contributed by atoms with Crippen LogP contribution in [0.3, 0.4) is 0 Å². The number of hydrogen-bond donors (Lipinski definition) is 1. The third-order valence-corrected chi connectivity index (χ3v) is 6.32. The average Bonchev–Trinajstić information content (AvgIpc) is 2.78. The number of nitrogens with one attached hydrogen (secondary N) is 1. The molecular formula is C23H24N2O5S. The first-order valence-corrected chi connectivity index (χ1v) is 11.0. The molecule has 0 unspecified atom stereocenters. The van der Waals surface area contributed by atoms with Gasteiger partial charge in [0.1, 0.15) is 5.75 Å². The number of anilines is 1. The molecule has 0 fully saturated rings. The molecule has 0 aliphatic carbocycles. The number of carbonyl (C=O) groups is 1. The van der Waals surface area contributed by atoms with E-state index in [2.05, 4.69) is 5.48 Å². The van der Waals surface area contributed by atoms with Gasteiger partial charge in [0.25, 0.3) is 15.9 Å². The van der Waals surface area contributed by atoms with Crippen molar-refractivity contribution in [3.05, 3.63) is 90.0 Å². The fourth-order valence-corrected chi connectivity index (χ4v) is 3.91. The monoisotopic (exact) mass is 440 g/mol. The van der Waals surface area contributed by atoms with Gasteiger partial charge in [-0.05, 0) is 48.9 Å². The molecule has 0 aliphatic heterocycles. The summed E-state index contributed by atoms with van der Waals surface area (Å²) in [5.41, 5.74) is 4.72. The summed E-state index contributed by atoms with van der Waals surface area (Å²) in [4.78, 5) is 17.2. The zero-order valence-corrected chi connectivity index (χ0v) is 18.1. The van der Waals surface area contributed by atoms with Crippen LogP contribution in [0.15, 0.2) is 83.8 Å².